The number of nitrogens with one attached hydrogen (secondary N) is 2. The summed E-state index contributed by atoms with van der Waals surface area (Å²) in [5.74, 6) is 1.73. The lowest BCUT2D eigenvalue weighted by Crippen LogP contribution is -2.30. The molecule has 0 atom stereocenters. The molecule has 0 fully saturated rings. The maximum atomic E-state index is 5.88. The van der Waals surface area contributed by atoms with Crippen LogP contribution in [0.3, 0.4) is 0 Å². The van der Waals surface area contributed by atoms with Crippen LogP contribution in [0.4, 0.5) is 11.4 Å². The van der Waals surface area contributed by atoms with E-state index in [0.717, 1.165) is 53.3 Å². The van der Waals surface area contributed by atoms with Crippen molar-refractivity contribution >= 4 is 40.7 Å². The monoisotopic (exact) mass is 342 g/mol. The van der Waals surface area contributed by atoms with E-state index in [-0.39, 0.29) is 12.4 Å². The van der Waals surface area contributed by atoms with E-state index in [1.807, 2.05) is 24.3 Å². The topological polar surface area (TPSA) is 105 Å². The van der Waals surface area contributed by atoms with Gasteiger partial charge in [0.25, 0.3) is 0 Å². The molecule has 6 N–H and O–H groups in total. The Morgan fingerprint density at radius 1 is 0.958 bits per heavy atom. The van der Waals surface area contributed by atoms with Gasteiger partial charge < -0.3 is 21.8 Å². The van der Waals surface area contributed by atoms with Crippen LogP contribution < -0.4 is 16.8 Å². The third-order valence-electron chi connectivity index (χ3n) is 4.01. The fourth-order valence-corrected chi connectivity index (χ4v) is 2.74. The Labute approximate surface area is 145 Å². The maximum absolute atomic E-state index is 5.88. The molecule has 24 heavy (non-hydrogen) atoms. The van der Waals surface area contributed by atoms with Crippen LogP contribution in [0.2, 0.25) is 0 Å². The second-order valence-electron chi connectivity index (χ2n) is 5.67. The molecule has 3 aromatic rings. The number of nitrogen functional groups attached to an aromatic ring is 2. The van der Waals surface area contributed by atoms with E-state index in [4.69, 9.17) is 11.5 Å². The fourth-order valence-electron chi connectivity index (χ4n) is 2.74. The molecule has 0 saturated heterocycles. The smallest absolute Gasteiger partial charge is 0.138 e. The summed E-state index contributed by atoms with van der Waals surface area (Å²) in [5, 5.41) is 3.34. The Morgan fingerprint density at radius 2 is 1.79 bits per heavy atom. The second kappa shape index (κ2) is 6.41. The van der Waals surface area contributed by atoms with Crippen molar-refractivity contribution in [3.05, 3.63) is 42.0 Å². The van der Waals surface area contributed by atoms with Gasteiger partial charge in [-0.3, -0.25) is 4.99 Å². The zero-order chi connectivity index (χ0) is 15.8. The van der Waals surface area contributed by atoms with Crippen LogP contribution in [0.1, 0.15) is 12.0 Å². The summed E-state index contributed by atoms with van der Waals surface area (Å²) in [6.07, 6.45) is 1.08. The number of amidine groups is 1. The van der Waals surface area contributed by atoms with Crippen LogP contribution in [0, 0.1) is 0 Å². The van der Waals surface area contributed by atoms with Gasteiger partial charge in [-0.2, -0.15) is 0 Å². The number of hydrogen-bond acceptors (Lipinski definition) is 5. The highest BCUT2D eigenvalue weighted by atomic mass is 35.5. The van der Waals surface area contributed by atoms with E-state index in [0.29, 0.717) is 11.4 Å². The number of anilines is 2. The molecule has 124 valence electrons. The average molecular weight is 343 g/mol. The number of benzene rings is 2. The van der Waals surface area contributed by atoms with Crippen LogP contribution in [-0.2, 0) is 0 Å². The van der Waals surface area contributed by atoms with Crippen molar-refractivity contribution in [2.45, 2.75) is 6.42 Å². The summed E-state index contributed by atoms with van der Waals surface area (Å²) < 4.78 is 0. The minimum absolute atomic E-state index is 0. The summed E-state index contributed by atoms with van der Waals surface area (Å²) in [7, 11) is 0. The average Bonchev–Trinajstić information content (AvgIpc) is 3.01. The van der Waals surface area contributed by atoms with Crippen molar-refractivity contribution in [3.8, 4) is 11.4 Å². The third-order valence-corrected chi connectivity index (χ3v) is 4.01. The van der Waals surface area contributed by atoms with Crippen LogP contribution in [0.25, 0.3) is 22.4 Å². The number of aliphatic imine (C=N–C) groups is 1. The third kappa shape index (κ3) is 2.88. The van der Waals surface area contributed by atoms with Crippen LogP contribution in [0.15, 0.2) is 41.4 Å². The van der Waals surface area contributed by atoms with Gasteiger partial charge in [0.2, 0.25) is 0 Å². The van der Waals surface area contributed by atoms with Crippen molar-refractivity contribution in [3.63, 3.8) is 0 Å². The summed E-state index contributed by atoms with van der Waals surface area (Å²) in [5.41, 5.74) is 16.7. The first-order chi connectivity index (χ1) is 11.2. The summed E-state index contributed by atoms with van der Waals surface area (Å²) in [6, 6.07) is 11.7. The minimum atomic E-state index is 0. The Kier molecular flexibility index (Phi) is 4.31. The van der Waals surface area contributed by atoms with Gasteiger partial charge >= 0.3 is 0 Å². The molecule has 0 unspecified atom stereocenters. The minimum Gasteiger partial charge on any atom is -0.397 e. The largest absolute Gasteiger partial charge is 0.397 e. The molecule has 0 radical (unpaired) electrons. The van der Waals surface area contributed by atoms with E-state index in [2.05, 4.69) is 26.3 Å². The van der Waals surface area contributed by atoms with Crippen molar-refractivity contribution in [2.24, 2.45) is 4.99 Å². The SMILES string of the molecule is Cl.Nc1ccc(-c2nc3ccc(C4=NCCCN4)cc3[nH]2)cc1N. The van der Waals surface area contributed by atoms with Crippen molar-refractivity contribution in [1.29, 1.82) is 0 Å². The molecule has 0 aliphatic carbocycles. The number of nitrogens with zero attached hydrogens (tertiary/aromatic N) is 2. The zero-order valence-corrected chi connectivity index (χ0v) is 13.9. The second-order valence-corrected chi connectivity index (χ2v) is 5.67. The standard InChI is InChI=1S/C17H18N6.ClH/c18-12-4-2-10(8-13(12)19)17-22-14-5-3-11(9-15(14)23-17)16-20-6-1-7-21-16;/h2-5,8-9H,1,6-7,18-19H2,(H,20,21)(H,22,23);1H. The van der Waals surface area contributed by atoms with Crippen molar-refractivity contribution in [1.82, 2.24) is 15.3 Å². The first-order valence-electron chi connectivity index (χ1n) is 7.64. The molecule has 0 bridgehead atoms. The molecule has 1 aromatic heterocycles. The molecule has 6 nitrogen and oxygen atoms in total. The van der Waals surface area contributed by atoms with Gasteiger partial charge in [0.1, 0.15) is 11.7 Å². The lowest BCUT2D eigenvalue weighted by Gasteiger charge is -2.14. The lowest BCUT2D eigenvalue weighted by molar-refractivity contribution is 0.742. The van der Waals surface area contributed by atoms with Crippen LogP contribution in [-0.4, -0.2) is 28.9 Å². The molecule has 1 aliphatic rings. The highest BCUT2D eigenvalue weighted by molar-refractivity contribution is 6.01. The highest BCUT2D eigenvalue weighted by Crippen LogP contribution is 2.25. The van der Waals surface area contributed by atoms with E-state index < -0.39 is 0 Å². The van der Waals surface area contributed by atoms with Crippen LogP contribution >= 0.6 is 12.4 Å². The van der Waals surface area contributed by atoms with Gasteiger partial charge in [-0.1, -0.05) is 0 Å². The number of aromatic nitrogens is 2. The summed E-state index contributed by atoms with van der Waals surface area (Å²) in [4.78, 5) is 12.5. The molecule has 1 aliphatic heterocycles. The lowest BCUT2D eigenvalue weighted by atomic mass is 10.1. The van der Waals surface area contributed by atoms with Gasteiger partial charge in [-0.05, 0) is 42.8 Å². The quantitative estimate of drug-likeness (QED) is 0.537. The Balaban J connectivity index is 0.00000169. The molecular formula is C17H19ClN6. The predicted molar refractivity (Wildman–Crippen MR) is 102 cm³/mol. The Bertz CT molecular complexity index is 915. The van der Waals surface area contributed by atoms with Gasteiger partial charge in [0, 0.05) is 24.2 Å². The summed E-state index contributed by atoms with van der Waals surface area (Å²) in [6.45, 7) is 1.84. The van der Waals surface area contributed by atoms with Gasteiger partial charge in [0.05, 0.1) is 22.4 Å². The number of hydrogen-bond donors (Lipinski definition) is 4. The van der Waals surface area contributed by atoms with E-state index >= 15 is 0 Å². The number of imidazole rings is 1. The maximum Gasteiger partial charge on any atom is 0.138 e. The number of H-pyrrole nitrogens is 1. The molecule has 7 heteroatoms. The molecule has 0 amide bonds. The molecule has 2 aromatic carbocycles. The Hall–Kier alpha value is -2.73. The zero-order valence-electron chi connectivity index (χ0n) is 13.0. The number of rotatable bonds is 2. The molecule has 2 heterocycles. The van der Waals surface area contributed by atoms with Crippen LogP contribution in [0.5, 0.6) is 0 Å². The number of aromatic amines is 1. The summed E-state index contributed by atoms with van der Waals surface area (Å²) >= 11 is 0. The van der Waals surface area contributed by atoms with Crippen molar-refractivity contribution < 1.29 is 0 Å². The highest BCUT2D eigenvalue weighted by Gasteiger charge is 2.11. The first-order valence-corrected chi connectivity index (χ1v) is 7.64. The van der Waals surface area contributed by atoms with Gasteiger partial charge in [-0.25, -0.2) is 4.98 Å². The normalized spacial score (nSPS) is 13.9. The molecular weight excluding hydrogens is 324 g/mol. The molecule has 0 spiro atoms. The number of nitrogens with two attached hydrogens (primary N) is 2. The van der Waals surface area contributed by atoms with E-state index in [9.17, 15) is 0 Å². The van der Waals surface area contributed by atoms with Crippen molar-refractivity contribution in [2.75, 3.05) is 24.6 Å². The number of halogens is 1. The van der Waals surface area contributed by atoms with Gasteiger partial charge in [0.15, 0.2) is 0 Å². The molecule has 4 rings (SSSR count). The predicted octanol–water partition coefficient (Wildman–Crippen LogP) is 2.56. The fraction of sp³-hybridized carbons (Fsp3) is 0.176. The van der Waals surface area contributed by atoms with Gasteiger partial charge in [-0.15, -0.1) is 12.4 Å². The first kappa shape index (κ1) is 16.1. The van der Waals surface area contributed by atoms with E-state index in [1.165, 1.54) is 0 Å². The van der Waals surface area contributed by atoms with E-state index in [1.54, 1.807) is 6.07 Å². The Morgan fingerprint density at radius 3 is 2.54 bits per heavy atom. The number of fused-ring (bicyclic) bond motifs is 1. The molecule has 0 saturated carbocycles.